The molecule has 0 aliphatic carbocycles. The molecule has 0 fully saturated rings. The average molecular weight is 368 g/mol. The summed E-state index contributed by atoms with van der Waals surface area (Å²) in [4.78, 5) is 34.8. The van der Waals surface area contributed by atoms with Crippen LogP contribution in [0.4, 0.5) is 4.79 Å². The van der Waals surface area contributed by atoms with Gasteiger partial charge in [0.1, 0.15) is 11.8 Å². The van der Waals surface area contributed by atoms with Gasteiger partial charge in [-0.15, -0.1) is 0 Å². The number of thioether (sulfide) groups is 1. The van der Waals surface area contributed by atoms with Crippen LogP contribution in [0.15, 0.2) is 18.2 Å². The van der Waals surface area contributed by atoms with E-state index in [1.54, 1.807) is 0 Å². The number of primary amides is 1. The molecule has 1 rings (SSSR count). The zero-order valence-corrected chi connectivity index (χ0v) is 15.4. The Balaban J connectivity index is 2.46. The van der Waals surface area contributed by atoms with E-state index < -0.39 is 23.9 Å². The molecule has 1 aromatic rings. The van der Waals surface area contributed by atoms with Crippen molar-refractivity contribution in [2.45, 2.75) is 26.3 Å². The van der Waals surface area contributed by atoms with Crippen molar-refractivity contribution in [3.05, 3.63) is 29.3 Å². The normalized spacial score (nSPS) is 11.3. The molecule has 138 valence electrons. The van der Waals surface area contributed by atoms with E-state index in [-0.39, 0.29) is 6.61 Å². The minimum absolute atomic E-state index is 0.247. The first kappa shape index (κ1) is 20.6. The molecule has 0 saturated heterocycles. The van der Waals surface area contributed by atoms with Crippen LogP contribution in [-0.4, -0.2) is 42.5 Å². The fourth-order valence-electron chi connectivity index (χ4n) is 1.94. The summed E-state index contributed by atoms with van der Waals surface area (Å²) in [6, 6.07) is 4.06. The molecule has 0 unspecified atom stereocenters. The lowest BCUT2D eigenvalue weighted by Crippen LogP contribution is -2.54. The SMILES string of the molecule is CSCC[C@H](NC(N)=O)C(=O)NNC(=O)COc1cc(C)ccc1C. The fourth-order valence-corrected chi connectivity index (χ4v) is 2.41. The Bertz CT molecular complexity index is 624. The van der Waals surface area contributed by atoms with Gasteiger partial charge in [0, 0.05) is 0 Å². The summed E-state index contributed by atoms with van der Waals surface area (Å²) < 4.78 is 5.45. The highest BCUT2D eigenvalue weighted by Crippen LogP contribution is 2.18. The number of hydrazine groups is 1. The third-order valence-corrected chi connectivity index (χ3v) is 3.92. The number of amides is 4. The van der Waals surface area contributed by atoms with Crippen LogP contribution in [0.5, 0.6) is 5.75 Å². The number of hydrogen-bond donors (Lipinski definition) is 4. The number of benzene rings is 1. The van der Waals surface area contributed by atoms with E-state index in [2.05, 4.69) is 16.2 Å². The molecule has 0 aliphatic heterocycles. The average Bonchev–Trinajstić information content (AvgIpc) is 2.56. The van der Waals surface area contributed by atoms with Gasteiger partial charge in [-0.05, 0) is 49.5 Å². The van der Waals surface area contributed by atoms with Crippen LogP contribution in [0.1, 0.15) is 17.5 Å². The molecular weight excluding hydrogens is 344 g/mol. The lowest BCUT2D eigenvalue weighted by atomic mass is 10.1. The quantitative estimate of drug-likeness (QED) is 0.501. The van der Waals surface area contributed by atoms with Crippen LogP contribution in [0.3, 0.4) is 0 Å². The second-order valence-corrected chi connectivity index (χ2v) is 6.42. The molecule has 4 amide bonds. The van der Waals surface area contributed by atoms with E-state index in [9.17, 15) is 14.4 Å². The van der Waals surface area contributed by atoms with Crippen molar-refractivity contribution in [2.75, 3.05) is 18.6 Å². The molecule has 1 aromatic carbocycles. The maximum Gasteiger partial charge on any atom is 0.312 e. The lowest BCUT2D eigenvalue weighted by molar-refractivity contribution is -0.130. The monoisotopic (exact) mass is 368 g/mol. The van der Waals surface area contributed by atoms with Gasteiger partial charge in [0.15, 0.2) is 6.61 Å². The third-order valence-electron chi connectivity index (χ3n) is 3.27. The molecule has 25 heavy (non-hydrogen) atoms. The Morgan fingerprint density at radius 2 is 1.96 bits per heavy atom. The Morgan fingerprint density at radius 3 is 2.60 bits per heavy atom. The van der Waals surface area contributed by atoms with E-state index in [0.29, 0.717) is 17.9 Å². The van der Waals surface area contributed by atoms with E-state index >= 15 is 0 Å². The first-order valence-corrected chi connectivity index (χ1v) is 9.06. The van der Waals surface area contributed by atoms with Gasteiger partial charge in [-0.2, -0.15) is 11.8 Å². The van der Waals surface area contributed by atoms with Gasteiger partial charge >= 0.3 is 6.03 Å². The predicted octanol–water partition coefficient (Wildman–Crippen LogP) is 0.620. The molecule has 5 N–H and O–H groups in total. The van der Waals surface area contributed by atoms with Crippen LogP contribution in [0.2, 0.25) is 0 Å². The molecule has 8 nitrogen and oxygen atoms in total. The number of hydrogen-bond acceptors (Lipinski definition) is 5. The standard InChI is InChI=1S/C16H24N4O4S/c1-10-4-5-11(2)13(8-10)24-9-14(21)19-20-15(22)12(6-7-25-3)18-16(17)23/h4-5,8,12H,6-7,9H2,1-3H3,(H,19,21)(H,20,22)(H3,17,18,23)/t12-/m0/s1. The minimum Gasteiger partial charge on any atom is -0.483 e. The highest BCUT2D eigenvalue weighted by molar-refractivity contribution is 7.98. The molecule has 0 heterocycles. The Labute approximate surface area is 151 Å². The summed E-state index contributed by atoms with van der Waals surface area (Å²) in [6.45, 7) is 3.55. The Kier molecular flexibility index (Phi) is 8.62. The summed E-state index contributed by atoms with van der Waals surface area (Å²) in [7, 11) is 0. The fraction of sp³-hybridized carbons (Fsp3) is 0.438. The van der Waals surface area contributed by atoms with Gasteiger partial charge in [0.25, 0.3) is 11.8 Å². The largest absolute Gasteiger partial charge is 0.483 e. The predicted molar refractivity (Wildman–Crippen MR) is 97.2 cm³/mol. The van der Waals surface area contributed by atoms with Crippen LogP contribution < -0.4 is 26.6 Å². The smallest absolute Gasteiger partial charge is 0.312 e. The summed E-state index contributed by atoms with van der Waals surface area (Å²) in [5.41, 5.74) is 11.5. The number of aryl methyl sites for hydroxylation is 2. The molecule has 9 heteroatoms. The Morgan fingerprint density at radius 1 is 1.24 bits per heavy atom. The first-order chi connectivity index (χ1) is 11.8. The third kappa shape index (κ3) is 7.79. The summed E-state index contributed by atoms with van der Waals surface area (Å²) >= 11 is 1.53. The molecule has 0 spiro atoms. The van der Waals surface area contributed by atoms with Crippen LogP contribution in [0.25, 0.3) is 0 Å². The first-order valence-electron chi connectivity index (χ1n) is 7.67. The van der Waals surface area contributed by atoms with Gasteiger partial charge in [-0.1, -0.05) is 12.1 Å². The van der Waals surface area contributed by atoms with Crippen molar-refractivity contribution in [3.8, 4) is 5.75 Å². The van der Waals surface area contributed by atoms with Crippen molar-refractivity contribution >= 4 is 29.6 Å². The number of carbonyl (C=O) groups is 3. The van der Waals surface area contributed by atoms with Gasteiger partial charge < -0.3 is 15.8 Å². The second-order valence-electron chi connectivity index (χ2n) is 5.44. The molecule has 0 bridgehead atoms. The number of ether oxygens (including phenoxy) is 1. The minimum atomic E-state index is -0.815. The van der Waals surface area contributed by atoms with Crippen molar-refractivity contribution in [1.82, 2.24) is 16.2 Å². The number of nitrogens with one attached hydrogen (secondary N) is 3. The molecule has 0 radical (unpaired) electrons. The van der Waals surface area contributed by atoms with Crippen LogP contribution >= 0.6 is 11.8 Å². The van der Waals surface area contributed by atoms with E-state index in [1.807, 2.05) is 38.3 Å². The summed E-state index contributed by atoms with van der Waals surface area (Å²) in [5.74, 6) is 0.196. The molecule has 0 aliphatic rings. The van der Waals surface area contributed by atoms with E-state index in [1.165, 1.54) is 11.8 Å². The van der Waals surface area contributed by atoms with Gasteiger partial charge in [0.2, 0.25) is 0 Å². The van der Waals surface area contributed by atoms with Crippen molar-refractivity contribution in [2.24, 2.45) is 5.73 Å². The molecule has 0 saturated carbocycles. The van der Waals surface area contributed by atoms with E-state index in [0.717, 1.165) is 11.1 Å². The van der Waals surface area contributed by atoms with Gasteiger partial charge in [-0.25, -0.2) is 4.79 Å². The highest BCUT2D eigenvalue weighted by Gasteiger charge is 2.19. The van der Waals surface area contributed by atoms with Crippen LogP contribution in [-0.2, 0) is 9.59 Å². The number of rotatable bonds is 8. The maximum atomic E-state index is 12.0. The molecule has 0 aromatic heterocycles. The molecule has 1 atom stereocenters. The van der Waals surface area contributed by atoms with Gasteiger partial charge in [0.05, 0.1) is 0 Å². The topological polar surface area (TPSA) is 123 Å². The zero-order valence-electron chi connectivity index (χ0n) is 14.5. The van der Waals surface area contributed by atoms with Crippen LogP contribution in [0, 0.1) is 13.8 Å². The van der Waals surface area contributed by atoms with Gasteiger partial charge in [-0.3, -0.25) is 20.4 Å². The van der Waals surface area contributed by atoms with E-state index in [4.69, 9.17) is 10.5 Å². The number of nitrogens with two attached hydrogens (primary N) is 1. The van der Waals surface area contributed by atoms with Crippen molar-refractivity contribution in [1.29, 1.82) is 0 Å². The summed E-state index contributed by atoms with van der Waals surface area (Å²) in [6.07, 6.45) is 2.27. The summed E-state index contributed by atoms with van der Waals surface area (Å²) in [5, 5.41) is 2.34. The second kappa shape index (κ2) is 10.4. The highest BCUT2D eigenvalue weighted by atomic mass is 32.2. The van der Waals surface area contributed by atoms with Crippen molar-refractivity contribution < 1.29 is 19.1 Å². The maximum absolute atomic E-state index is 12.0. The number of carbonyl (C=O) groups excluding carboxylic acids is 3. The molecular formula is C16H24N4O4S. The van der Waals surface area contributed by atoms with Crippen molar-refractivity contribution in [3.63, 3.8) is 0 Å². The Hall–Kier alpha value is -2.42. The number of urea groups is 1. The lowest BCUT2D eigenvalue weighted by Gasteiger charge is -2.17. The zero-order chi connectivity index (χ0) is 18.8.